The summed E-state index contributed by atoms with van der Waals surface area (Å²) in [7, 11) is 0. The number of para-hydroxylation sites is 1. The lowest BCUT2D eigenvalue weighted by atomic mass is 9.72. The van der Waals surface area contributed by atoms with Crippen LogP contribution in [0.5, 0.6) is 0 Å². The van der Waals surface area contributed by atoms with E-state index in [0.29, 0.717) is 29.0 Å². The quantitative estimate of drug-likeness (QED) is 0.616. The number of nitrogens with zero attached hydrogens (tertiary/aromatic N) is 1. The third-order valence-electron chi connectivity index (χ3n) is 6.02. The molecule has 0 saturated heterocycles. The number of aryl methyl sites for hydroxylation is 1. The summed E-state index contributed by atoms with van der Waals surface area (Å²) in [6.07, 6.45) is 1.74. The van der Waals surface area contributed by atoms with Gasteiger partial charge < -0.3 is 4.57 Å². The van der Waals surface area contributed by atoms with Crippen molar-refractivity contribution in [1.82, 2.24) is 4.57 Å². The van der Waals surface area contributed by atoms with Gasteiger partial charge in [0.05, 0.1) is 0 Å². The first-order valence-corrected chi connectivity index (χ1v) is 8.79. The van der Waals surface area contributed by atoms with Gasteiger partial charge in [-0.2, -0.15) is 0 Å². The van der Waals surface area contributed by atoms with E-state index in [0.717, 1.165) is 29.5 Å². The van der Waals surface area contributed by atoms with E-state index in [1.807, 2.05) is 24.3 Å². The molecule has 3 aliphatic rings. The summed E-state index contributed by atoms with van der Waals surface area (Å²) < 4.78 is 2.36. The van der Waals surface area contributed by atoms with Crippen molar-refractivity contribution < 1.29 is 9.59 Å². The first-order valence-electron chi connectivity index (χ1n) is 8.79. The Labute approximate surface area is 144 Å². The summed E-state index contributed by atoms with van der Waals surface area (Å²) in [5.74, 6) is 0.400. The smallest absolute Gasteiger partial charge is 0.194 e. The number of carbonyl (C=O) groups is 2. The number of Topliss-reactive ketones (excluding diaryl/α,β-unsaturated/α-hetero) is 2. The Morgan fingerprint density at radius 3 is 2.44 bits per heavy atom. The normalized spacial score (nSPS) is 20.7. The monoisotopic (exact) mass is 325 g/mol. The van der Waals surface area contributed by atoms with Crippen LogP contribution in [0.25, 0.3) is 16.5 Å². The zero-order valence-corrected chi connectivity index (χ0v) is 13.6. The van der Waals surface area contributed by atoms with E-state index in [9.17, 15) is 9.59 Å². The maximum absolute atomic E-state index is 13.3. The second-order valence-electron chi connectivity index (χ2n) is 7.18. The van der Waals surface area contributed by atoms with Crippen molar-refractivity contribution in [3.63, 3.8) is 0 Å². The molecule has 2 aromatic carbocycles. The highest BCUT2D eigenvalue weighted by Gasteiger charge is 2.43. The van der Waals surface area contributed by atoms with Crippen LogP contribution in [0.15, 0.2) is 54.1 Å². The maximum Gasteiger partial charge on any atom is 0.194 e. The Kier molecular flexibility index (Phi) is 2.33. The molecule has 2 aliphatic carbocycles. The third kappa shape index (κ3) is 1.47. The SMILES string of the molecule is O=C1C2=C(C(=O)c3ccccc31)c1c3n(c4ccccc14)CCC3C2. The summed E-state index contributed by atoms with van der Waals surface area (Å²) in [6, 6.07) is 15.5. The summed E-state index contributed by atoms with van der Waals surface area (Å²) in [5, 5.41) is 1.11. The molecule has 0 bridgehead atoms. The minimum absolute atomic E-state index is 0.00898. The highest BCUT2D eigenvalue weighted by Crippen LogP contribution is 2.51. The van der Waals surface area contributed by atoms with Gasteiger partial charge in [-0.15, -0.1) is 0 Å². The van der Waals surface area contributed by atoms with Crippen molar-refractivity contribution in [1.29, 1.82) is 0 Å². The Morgan fingerprint density at radius 2 is 1.60 bits per heavy atom. The van der Waals surface area contributed by atoms with Gasteiger partial charge in [0.1, 0.15) is 0 Å². The number of rotatable bonds is 0. The van der Waals surface area contributed by atoms with Gasteiger partial charge in [-0.3, -0.25) is 9.59 Å². The molecule has 0 amide bonds. The van der Waals surface area contributed by atoms with Crippen molar-refractivity contribution in [3.05, 3.63) is 76.5 Å². The van der Waals surface area contributed by atoms with E-state index in [-0.39, 0.29) is 11.6 Å². The third-order valence-corrected chi connectivity index (χ3v) is 6.02. The van der Waals surface area contributed by atoms with Gasteiger partial charge in [0.15, 0.2) is 11.6 Å². The molecule has 6 rings (SSSR count). The van der Waals surface area contributed by atoms with Gasteiger partial charge >= 0.3 is 0 Å². The van der Waals surface area contributed by atoms with E-state index >= 15 is 0 Å². The molecule has 3 heteroatoms. The Bertz CT molecular complexity index is 1160. The zero-order chi connectivity index (χ0) is 16.7. The number of benzene rings is 2. The number of hydrogen-bond acceptors (Lipinski definition) is 2. The first kappa shape index (κ1) is 13.4. The number of fused-ring (bicyclic) bond motifs is 5. The second kappa shape index (κ2) is 4.37. The molecule has 2 heterocycles. The summed E-state index contributed by atoms with van der Waals surface area (Å²) in [6.45, 7) is 0.969. The Balaban J connectivity index is 1.74. The number of hydrogen-bond donors (Lipinski definition) is 0. The fraction of sp³-hybridized carbons (Fsp3) is 0.182. The average Bonchev–Trinajstić information content (AvgIpc) is 3.22. The average molecular weight is 325 g/mol. The second-order valence-corrected chi connectivity index (χ2v) is 7.18. The summed E-state index contributed by atoms with van der Waals surface area (Å²) in [4.78, 5) is 26.4. The van der Waals surface area contributed by atoms with E-state index in [4.69, 9.17) is 0 Å². The van der Waals surface area contributed by atoms with E-state index < -0.39 is 0 Å². The maximum atomic E-state index is 13.3. The van der Waals surface area contributed by atoms with Crippen LogP contribution in [0.3, 0.4) is 0 Å². The predicted octanol–water partition coefficient (Wildman–Crippen LogP) is 4.37. The number of aromatic nitrogens is 1. The lowest BCUT2D eigenvalue weighted by Gasteiger charge is -2.28. The number of carbonyl (C=O) groups excluding carboxylic acids is 2. The molecule has 1 aromatic heterocycles. The molecular formula is C22H15NO2. The van der Waals surface area contributed by atoms with Crippen LogP contribution in [0.1, 0.15) is 50.7 Å². The minimum atomic E-state index is 0.00898. The van der Waals surface area contributed by atoms with Gasteiger partial charge in [-0.25, -0.2) is 0 Å². The molecule has 120 valence electrons. The van der Waals surface area contributed by atoms with Crippen molar-refractivity contribution in [3.8, 4) is 0 Å². The van der Waals surface area contributed by atoms with Crippen LogP contribution < -0.4 is 0 Å². The van der Waals surface area contributed by atoms with Crippen LogP contribution in [0.4, 0.5) is 0 Å². The standard InChI is InChI=1S/C22H15NO2/c24-21-13-5-1-2-6-14(13)22(25)19-16(21)11-12-9-10-23-17-8-4-3-7-15(17)18(19)20(12)23/h1-8,12H,9-11H2. The first-order chi connectivity index (χ1) is 12.3. The van der Waals surface area contributed by atoms with Crippen LogP contribution in [-0.4, -0.2) is 16.1 Å². The highest BCUT2D eigenvalue weighted by molar-refractivity contribution is 6.42. The topological polar surface area (TPSA) is 39.1 Å². The molecule has 1 atom stereocenters. The lowest BCUT2D eigenvalue weighted by molar-refractivity contribution is 0.0987. The molecule has 0 radical (unpaired) electrons. The molecular weight excluding hydrogens is 310 g/mol. The predicted molar refractivity (Wildman–Crippen MR) is 95.9 cm³/mol. The van der Waals surface area contributed by atoms with Gasteiger partial charge in [-0.05, 0) is 18.9 Å². The van der Waals surface area contributed by atoms with Gasteiger partial charge in [0.25, 0.3) is 0 Å². The van der Waals surface area contributed by atoms with Crippen molar-refractivity contribution >= 4 is 28.0 Å². The van der Waals surface area contributed by atoms with Crippen LogP contribution >= 0.6 is 0 Å². The molecule has 25 heavy (non-hydrogen) atoms. The molecule has 1 unspecified atom stereocenters. The fourth-order valence-electron chi connectivity index (χ4n) is 5.00. The summed E-state index contributed by atoms with van der Waals surface area (Å²) >= 11 is 0. The molecule has 0 fully saturated rings. The van der Waals surface area contributed by atoms with E-state index in [1.165, 1.54) is 11.2 Å². The lowest BCUT2D eigenvalue weighted by Crippen LogP contribution is -2.25. The zero-order valence-electron chi connectivity index (χ0n) is 13.6. The highest BCUT2D eigenvalue weighted by atomic mass is 16.1. The van der Waals surface area contributed by atoms with Crippen molar-refractivity contribution in [2.24, 2.45) is 0 Å². The Hall–Kier alpha value is -2.94. The van der Waals surface area contributed by atoms with Gasteiger partial charge in [0.2, 0.25) is 0 Å². The van der Waals surface area contributed by atoms with Crippen molar-refractivity contribution in [2.75, 3.05) is 0 Å². The fourth-order valence-corrected chi connectivity index (χ4v) is 5.00. The molecule has 0 saturated carbocycles. The van der Waals surface area contributed by atoms with E-state index in [2.05, 4.69) is 16.7 Å². The molecule has 3 aromatic rings. The van der Waals surface area contributed by atoms with Crippen molar-refractivity contribution in [2.45, 2.75) is 25.3 Å². The number of allylic oxidation sites excluding steroid dienone is 2. The van der Waals surface area contributed by atoms with Gasteiger partial charge in [0, 0.05) is 56.9 Å². The van der Waals surface area contributed by atoms with Crippen LogP contribution in [0, 0.1) is 0 Å². The van der Waals surface area contributed by atoms with E-state index in [1.54, 1.807) is 12.1 Å². The Morgan fingerprint density at radius 1 is 0.880 bits per heavy atom. The molecule has 0 spiro atoms. The van der Waals surface area contributed by atoms with Crippen LogP contribution in [0.2, 0.25) is 0 Å². The summed E-state index contributed by atoms with van der Waals surface area (Å²) in [5.41, 5.74) is 5.97. The molecule has 1 aliphatic heterocycles. The minimum Gasteiger partial charge on any atom is -0.344 e. The molecule has 3 nitrogen and oxygen atoms in total. The molecule has 0 N–H and O–H groups in total. The van der Waals surface area contributed by atoms with Crippen LogP contribution in [-0.2, 0) is 6.54 Å². The largest absolute Gasteiger partial charge is 0.344 e. The van der Waals surface area contributed by atoms with Gasteiger partial charge in [-0.1, -0.05) is 42.5 Å². The number of ketones is 2.